The minimum atomic E-state index is -0.887. The first-order valence-corrected chi connectivity index (χ1v) is 6.17. The summed E-state index contributed by atoms with van der Waals surface area (Å²) in [5.41, 5.74) is 0.919. The lowest BCUT2D eigenvalue weighted by Crippen LogP contribution is -2.41. The Hall–Kier alpha value is -2.81. The molecule has 110 valence electrons. The maximum atomic E-state index is 12.0. The van der Waals surface area contributed by atoms with E-state index in [0.29, 0.717) is 11.3 Å². The van der Waals surface area contributed by atoms with Crippen molar-refractivity contribution in [3.05, 3.63) is 29.8 Å². The summed E-state index contributed by atoms with van der Waals surface area (Å²) in [6, 6.07) is 5.35. The van der Waals surface area contributed by atoms with E-state index in [9.17, 15) is 14.4 Å². The fraction of sp³-hybridized carbons (Fsp3) is 0.267. The Morgan fingerprint density at radius 1 is 1.29 bits per heavy atom. The number of nitrogens with one attached hydrogen (secondary N) is 2. The predicted octanol–water partition coefficient (Wildman–Crippen LogP) is 0.940. The van der Waals surface area contributed by atoms with E-state index in [2.05, 4.69) is 21.3 Å². The van der Waals surface area contributed by atoms with Crippen LogP contribution >= 0.6 is 0 Å². The summed E-state index contributed by atoms with van der Waals surface area (Å²) in [7, 11) is 1.22. The molecule has 0 spiro atoms. The Labute approximate surface area is 122 Å². The van der Waals surface area contributed by atoms with Gasteiger partial charge in [0.1, 0.15) is 6.04 Å². The lowest BCUT2D eigenvalue weighted by Gasteiger charge is -2.14. The zero-order chi connectivity index (χ0) is 15.8. The first kappa shape index (κ1) is 16.2. The molecule has 0 bridgehead atoms. The molecule has 6 nitrogen and oxygen atoms in total. The Morgan fingerprint density at radius 2 is 1.90 bits per heavy atom. The van der Waals surface area contributed by atoms with Crippen molar-refractivity contribution < 1.29 is 19.1 Å². The molecule has 0 aromatic heterocycles. The van der Waals surface area contributed by atoms with Gasteiger partial charge in [0.15, 0.2) is 0 Å². The van der Waals surface area contributed by atoms with E-state index >= 15 is 0 Å². The fourth-order valence-electron chi connectivity index (χ4n) is 1.60. The molecule has 0 saturated carbocycles. The summed E-state index contributed by atoms with van der Waals surface area (Å²) in [4.78, 5) is 34.4. The molecule has 0 saturated heterocycles. The second kappa shape index (κ2) is 7.70. The van der Waals surface area contributed by atoms with E-state index in [1.165, 1.54) is 26.2 Å². The molecule has 2 N–H and O–H groups in total. The molecule has 0 radical (unpaired) electrons. The van der Waals surface area contributed by atoms with Crippen LogP contribution in [0.3, 0.4) is 0 Å². The Balaban J connectivity index is 2.76. The lowest BCUT2D eigenvalue weighted by molar-refractivity contribution is -0.142. The number of esters is 1. The summed E-state index contributed by atoms with van der Waals surface area (Å²) in [5.74, 6) is 1.06. The number of carbonyl (C=O) groups excluding carboxylic acids is 3. The van der Waals surface area contributed by atoms with Crippen LogP contribution in [0.5, 0.6) is 0 Å². The number of methoxy groups -OCH3 is 1. The molecule has 6 heteroatoms. The summed E-state index contributed by atoms with van der Waals surface area (Å²) in [5, 5.41) is 5.09. The van der Waals surface area contributed by atoms with Gasteiger partial charge in [-0.2, -0.15) is 0 Å². The van der Waals surface area contributed by atoms with Gasteiger partial charge < -0.3 is 15.4 Å². The van der Waals surface area contributed by atoms with Crippen molar-refractivity contribution in [2.75, 3.05) is 12.4 Å². The van der Waals surface area contributed by atoms with Gasteiger partial charge in [-0.05, 0) is 24.3 Å². The van der Waals surface area contributed by atoms with Gasteiger partial charge in [0.05, 0.1) is 7.11 Å². The number of amides is 2. The first-order chi connectivity index (χ1) is 9.97. The van der Waals surface area contributed by atoms with Gasteiger partial charge in [0, 0.05) is 24.6 Å². The van der Waals surface area contributed by atoms with Crippen LogP contribution < -0.4 is 10.6 Å². The van der Waals surface area contributed by atoms with Gasteiger partial charge in [-0.15, -0.1) is 12.3 Å². The monoisotopic (exact) mass is 288 g/mol. The third-order valence-electron chi connectivity index (χ3n) is 2.58. The van der Waals surface area contributed by atoms with Gasteiger partial charge in [-0.1, -0.05) is 0 Å². The molecule has 1 atom stereocenters. The van der Waals surface area contributed by atoms with Crippen molar-refractivity contribution in [3.8, 4) is 12.3 Å². The molecule has 0 unspecified atom stereocenters. The lowest BCUT2D eigenvalue weighted by atomic mass is 10.1. The van der Waals surface area contributed by atoms with E-state index in [0.717, 1.165) is 0 Å². The number of rotatable bonds is 5. The van der Waals surface area contributed by atoms with Crippen molar-refractivity contribution in [2.45, 2.75) is 19.4 Å². The van der Waals surface area contributed by atoms with Crippen LogP contribution in [0.25, 0.3) is 0 Å². The van der Waals surface area contributed by atoms with E-state index < -0.39 is 17.9 Å². The number of carbonyl (C=O) groups is 3. The number of hydrogen-bond acceptors (Lipinski definition) is 4. The average Bonchev–Trinajstić information content (AvgIpc) is 2.46. The minimum absolute atomic E-state index is 0.0440. The van der Waals surface area contributed by atoms with Gasteiger partial charge in [-0.25, -0.2) is 4.79 Å². The number of benzene rings is 1. The van der Waals surface area contributed by atoms with E-state index in [-0.39, 0.29) is 12.3 Å². The zero-order valence-electron chi connectivity index (χ0n) is 11.8. The van der Waals surface area contributed by atoms with Crippen LogP contribution in [-0.4, -0.2) is 30.9 Å². The SMILES string of the molecule is C#CC[C@H](NC(=O)c1ccc(NC(C)=O)cc1)C(=O)OC. The summed E-state index contributed by atoms with van der Waals surface area (Å²) in [6.45, 7) is 1.39. The normalized spacial score (nSPS) is 10.9. The third kappa shape index (κ3) is 4.99. The summed E-state index contributed by atoms with van der Waals surface area (Å²) < 4.78 is 4.57. The van der Waals surface area contributed by atoms with E-state index in [4.69, 9.17) is 6.42 Å². The van der Waals surface area contributed by atoms with Crippen LogP contribution in [0, 0.1) is 12.3 Å². The molecule has 0 aliphatic heterocycles. The molecule has 2 amide bonds. The van der Waals surface area contributed by atoms with Gasteiger partial charge >= 0.3 is 5.97 Å². The van der Waals surface area contributed by atoms with Crippen LogP contribution in [0.4, 0.5) is 5.69 Å². The van der Waals surface area contributed by atoms with Crippen LogP contribution in [0.1, 0.15) is 23.7 Å². The molecule has 1 aromatic rings. The van der Waals surface area contributed by atoms with E-state index in [1.807, 2.05) is 0 Å². The molecular weight excluding hydrogens is 272 g/mol. The quantitative estimate of drug-likeness (QED) is 0.624. The second-order valence-corrected chi connectivity index (χ2v) is 4.22. The highest BCUT2D eigenvalue weighted by molar-refractivity contribution is 5.97. The molecule has 1 rings (SSSR count). The molecule has 0 heterocycles. The first-order valence-electron chi connectivity index (χ1n) is 6.17. The Bertz CT molecular complexity index is 572. The molecule has 0 aliphatic rings. The number of hydrogen-bond donors (Lipinski definition) is 2. The molecule has 21 heavy (non-hydrogen) atoms. The Kier molecular flexibility index (Phi) is 5.96. The van der Waals surface area contributed by atoms with Crippen molar-refractivity contribution in [1.82, 2.24) is 5.32 Å². The number of ether oxygens (including phenoxy) is 1. The fourth-order valence-corrected chi connectivity index (χ4v) is 1.60. The van der Waals surface area contributed by atoms with E-state index in [1.54, 1.807) is 12.1 Å². The van der Waals surface area contributed by atoms with Crippen LogP contribution in [0.2, 0.25) is 0 Å². The molecule has 1 aromatic carbocycles. The zero-order valence-corrected chi connectivity index (χ0v) is 11.8. The smallest absolute Gasteiger partial charge is 0.329 e. The molecular formula is C15H16N2O4. The highest BCUT2D eigenvalue weighted by atomic mass is 16.5. The van der Waals surface area contributed by atoms with Crippen molar-refractivity contribution >= 4 is 23.5 Å². The highest BCUT2D eigenvalue weighted by Gasteiger charge is 2.21. The highest BCUT2D eigenvalue weighted by Crippen LogP contribution is 2.10. The topological polar surface area (TPSA) is 84.5 Å². The largest absolute Gasteiger partial charge is 0.467 e. The van der Waals surface area contributed by atoms with Crippen molar-refractivity contribution in [3.63, 3.8) is 0 Å². The van der Waals surface area contributed by atoms with Crippen molar-refractivity contribution in [2.24, 2.45) is 0 Å². The maximum Gasteiger partial charge on any atom is 0.329 e. The minimum Gasteiger partial charge on any atom is -0.467 e. The summed E-state index contributed by atoms with van der Waals surface area (Å²) >= 11 is 0. The molecule has 0 aliphatic carbocycles. The number of anilines is 1. The predicted molar refractivity (Wildman–Crippen MR) is 77.5 cm³/mol. The van der Waals surface area contributed by atoms with Crippen LogP contribution in [0.15, 0.2) is 24.3 Å². The van der Waals surface area contributed by atoms with Gasteiger partial charge in [0.25, 0.3) is 5.91 Å². The van der Waals surface area contributed by atoms with Gasteiger partial charge in [-0.3, -0.25) is 9.59 Å². The third-order valence-corrected chi connectivity index (χ3v) is 2.58. The number of terminal acetylenes is 1. The van der Waals surface area contributed by atoms with Gasteiger partial charge in [0.2, 0.25) is 5.91 Å². The standard InChI is InChI=1S/C15H16N2O4/c1-4-5-13(15(20)21-3)17-14(19)11-6-8-12(9-7-11)16-10(2)18/h1,6-9,13H,5H2,2-3H3,(H,16,18)(H,17,19)/t13-/m0/s1. The van der Waals surface area contributed by atoms with Crippen LogP contribution in [-0.2, 0) is 14.3 Å². The Morgan fingerprint density at radius 3 is 2.38 bits per heavy atom. The average molecular weight is 288 g/mol. The summed E-state index contributed by atoms with van der Waals surface area (Å²) in [6.07, 6.45) is 5.20. The molecule has 0 fully saturated rings. The van der Waals surface area contributed by atoms with Crippen molar-refractivity contribution in [1.29, 1.82) is 0 Å². The second-order valence-electron chi connectivity index (χ2n) is 4.22. The maximum absolute atomic E-state index is 12.0.